The van der Waals surface area contributed by atoms with Crippen LogP contribution in [-0.2, 0) is 27.2 Å². The Morgan fingerprint density at radius 3 is 2.68 bits per heavy atom. The molecule has 0 aromatic heterocycles. The van der Waals surface area contributed by atoms with Crippen molar-refractivity contribution in [3.05, 3.63) is 34.9 Å². The molecule has 2 fully saturated rings. The number of carbonyl (C=O) groups excluding carboxylic acids is 4. The fraction of sp³-hybridized carbons (Fsp3) is 0.524. The highest BCUT2D eigenvalue weighted by Gasteiger charge is 2.56. The molecule has 7 nitrogen and oxygen atoms in total. The number of carbonyl (C=O) groups is 4. The smallest absolute Gasteiger partial charge is 0.326 e. The Morgan fingerprint density at radius 1 is 1.25 bits per heavy atom. The average molecular weight is 384 g/mol. The molecule has 4 rings (SSSR count). The molecule has 7 heteroatoms. The van der Waals surface area contributed by atoms with Gasteiger partial charge in [0, 0.05) is 5.56 Å². The molecule has 0 spiro atoms. The average Bonchev–Trinajstić information content (AvgIpc) is 3.38. The third kappa shape index (κ3) is 3.19. The van der Waals surface area contributed by atoms with Crippen molar-refractivity contribution in [2.75, 3.05) is 6.54 Å². The van der Waals surface area contributed by atoms with Gasteiger partial charge >= 0.3 is 12.0 Å². The molecule has 1 aromatic rings. The molecular weight excluding hydrogens is 360 g/mol. The summed E-state index contributed by atoms with van der Waals surface area (Å²) in [5, 5.41) is 2.69. The van der Waals surface area contributed by atoms with Crippen molar-refractivity contribution in [3.8, 4) is 0 Å². The number of ketones is 1. The number of Topliss-reactive ketones (excluding diaryl/α,β-unsaturated/α-hetero) is 1. The Morgan fingerprint density at radius 2 is 1.96 bits per heavy atom. The van der Waals surface area contributed by atoms with E-state index in [1.165, 1.54) is 18.1 Å². The van der Waals surface area contributed by atoms with E-state index in [-0.39, 0.29) is 11.7 Å². The van der Waals surface area contributed by atoms with Crippen LogP contribution in [0.5, 0.6) is 0 Å². The Hall–Kier alpha value is -2.70. The predicted octanol–water partition coefficient (Wildman–Crippen LogP) is 2.01. The van der Waals surface area contributed by atoms with E-state index in [9.17, 15) is 19.2 Å². The molecule has 1 saturated heterocycles. The maximum Gasteiger partial charge on any atom is 0.326 e. The van der Waals surface area contributed by atoms with Crippen LogP contribution >= 0.6 is 0 Å². The van der Waals surface area contributed by atoms with E-state index in [2.05, 4.69) is 5.32 Å². The summed E-state index contributed by atoms with van der Waals surface area (Å²) in [6.45, 7) is 2.71. The number of benzene rings is 1. The highest BCUT2D eigenvalue weighted by atomic mass is 16.5. The lowest BCUT2D eigenvalue weighted by Crippen LogP contribution is -2.46. The first-order chi connectivity index (χ1) is 13.3. The molecule has 2 unspecified atom stereocenters. The number of nitrogens with zero attached hydrogens (tertiary/aromatic N) is 1. The Kier molecular flexibility index (Phi) is 4.48. The first kappa shape index (κ1) is 18.7. The molecule has 1 saturated carbocycles. The third-order valence-electron chi connectivity index (χ3n) is 6.04. The van der Waals surface area contributed by atoms with Crippen molar-refractivity contribution in [3.63, 3.8) is 0 Å². The van der Waals surface area contributed by atoms with Crippen LogP contribution in [0.4, 0.5) is 4.79 Å². The van der Waals surface area contributed by atoms with E-state index in [1.807, 2.05) is 12.1 Å². The van der Waals surface area contributed by atoms with Crippen LogP contribution in [0.2, 0.25) is 0 Å². The second-order valence-corrected chi connectivity index (χ2v) is 8.13. The molecule has 1 heterocycles. The molecule has 1 N–H and O–H groups in total. The second kappa shape index (κ2) is 6.72. The van der Waals surface area contributed by atoms with Gasteiger partial charge in [0.15, 0.2) is 6.10 Å². The number of hydrogen-bond acceptors (Lipinski definition) is 5. The summed E-state index contributed by atoms with van der Waals surface area (Å²) in [6, 6.07) is 4.99. The van der Waals surface area contributed by atoms with Gasteiger partial charge in [0.1, 0.15) is 12.1 Å². The summed E-state index contributed by atoms with van der Waals surface area (Å²) < 4.78 is 5.23. The summed E-state index contributed by atoms with van der Waals surface area (Å²) >= 11 is 0. The Balaban J connectivity index is 1.37. The Labute approximate surface area is 163 Å². The maximum absolute atomic E-state index is 12.6. The van der Waals surface area contributed by atoms with Gasteiger partial charge in [0.2, 0.25) is 5.78 Å². The van der Waals surface area contributed by atoms with Gasteiger partial charge in [0.05, 0.1) is 0 Å². The number of hydrogen-bond donors (Lipinski definition) is 1. The van der Waals surface area contributed by atoms with Crippen LogP contribution in [0.1, 0.15) is 54.6 Å². The van der Waals surface area contributed by atoms with Crippen molar-refractivity contribution in [2.24, 2.45) is 5.92 Å². The van der Waals surface area contributed by atoms with Crippen molar-refractivity contribution >= 4 is 23.7 Å². The van der Waals surface area contributed by atoms with Crippen LogP contribution in [-0.4, -0.2) is 46.8 Å². The highest BCUT2D eigenvalue weighted by Crippen LogP contribution is 2.42. The number of esters is 1. The van der Waals surface area contributed by atoms with Crippen LogP contribution < -0.4 is 5.32 Å². The quantitative estimate of drug-likeness (QED) is 0.460. The number of aryl methyl sites for hydroxylation is 2. The van der Waals surface area contributed by atoms with E-state index in [1.54, 1.807) is 13.0 Å². The summed E-state index contributed by atoms with van der Waals surface area (Å²) in [6.07, 6.45) is 3.85. The largest absolute Gasteiger partial charge is 0.453 e. The molecular formula is C21H24N2O5. The van der Waals surface area contributed by atoms with Gasteiger partial charge < -0.3 is 10.1 Å². The zero-order chi connectivity index (χ0) is 20.1. The Bertz CT molecular complexity index is 876. The normalized spacial score (nSPS) is 24.7. The lowest BCUT2D eigenvalue weighted by molar-refractivity contribution is -0.150. The number of ether oxygens (including phenoxy) is 1. The van der Waals surface area contributed by atoms with Crippen molar-refractivity contribution in [2.45, 2.75) is 57.6 Å². The molecule has 28 heavy (non-hydrogen) atoms. The minimum absolute atomic E-state index is 0.116. The standard InChI is InChI=1S/C21H24N2O5/c1-12(18(25)15-7-6-13-4-3-5-14(13)10-15)28-17(24)11-23-19(26)21(2,16-8-9-16)22-20(23)27/h6-7,10,12,16H,3-5,8-9,11H2,1-2H3,(H,22,27). The number of imide groups is 1. The maximum atomic E-state index is 12.6. The second-order valence-electron chi connectivity index (χ2n) is 8.13. The lowest BCUT2D eigenvalue weighted by atomic mass is 9.96. The molecule has 0 radical (unpaired) electrons. The van der Waals surface area contributed by atoms with Crippen molar-refractivity contribution < 1.29 is 23.9 Å². The first-order valence-electron chi connectivity index (χ1n) is 9.79. The van der Waals surface area contributed by atoms with Gasteiger partial charge in [-0.2, -0.15) is 0 Å². The number of urea groups is 1. The van der Waals surface area contributed by atoms with E-state index in [4.69, 9.17) is 4.74 Å². The number of rotatable bonds is 6. The SMILES string of the molecule is CC(OC(=O)CN1C(=O)NC(C)(C2CC2)C1=O)C(=O)c1ccc2c(c1)CCC2. The molecule has 1 aromatic carbocycles. The van der Waals surface area contributed by atoms with Crippen LogP contribution in [0.15, 0.2) is 18.2 Å². The monoisotopic (exact) mass is 384 g/mol. The van der Waals surface area contributed by atoms with E-state index in [0.717, 1.165) is 37.0 Å². The van der Waals surface area contributed by atoms with E-state index in [0.29, 0.717) is 5.56 Å². The fourth-order valence-electron chi connectivity index (χ4n) is 4.17. The van der Waals surface area contributed by atoms with E-state index >= 15 is 0 Å². The minimum Gasteiger partial charge on any atom is -0.453 e. The van der Waals surface area contributed by atoms with Crippen LogP contribution in [0.3, 0.4) is 0 Å². The minimum atomic E-state index is -0.984. The summed E-state index contributed by atoms with van der Waals surface area (Å²) in [5.74, 6) is -1.35. The van der Waals surface area contributed by atoms with Crippen LogP contribution in [0.25, 0.3) is 0 Å². The van der Waals surface area contributed by atoms with Gasteiger partial charge in [-0.3, -0.25) is 19.3 Å². The zero-order valence-electron chi connectivity index (χ0n) is 16.1. The van der Waals surface area contributed by atoms with Crippen molar-refractivity contribution in [1.29, 1.82) is 0 Å². The molecule has 3 aliphatic rings. The first-order valence-corrected chi connectivity index (χ1v) is 9.79. The van der Waals surface area contributed by atoms with Crippen molar-refractivity contribution in [1.82, 2.24) is 10.2 Å². The van der Waals surface area contributed by atoms with Gasteiger partial charge in [-0.05, 0) is 69.1 Å². The topological polar surface area (TPSA) is 92.8 Å². The van der Waals surface area contributed by atoms with E-state index < -0.39 is 36.1 Å². The van der Waals surface area contributed by atoms with Gasteiger partial charge in [-0.1, -0.05) is 12.1 Å². The lowest BCUT2D eigenvalue weighted by Gasteiger charge is -2.21. The third-order valence-corrected chi connectivity index (χ3v) is 6.04. The molecule has 148 valence electrons. The van der Waals surface area contributed by atoms with Gasteiger partial charge in [-0.25, -0.2) is 4.79 Å². The fourth-order valence-corrected chi connectivity index (χ4v) is 4.17. The number of nitrogens with one attached hydrogen (secondary N) is 1. The predicted molar refractivity (Wildman–Crippen MR) is 99.7 cm³/mol. The molecule has 2 atom stereocenters. The summed E-state index contributed by atoms with van der Waals surface area (Å²) in [7, 11) is 0. The zero-order valence-corrected chi connectivity index (χ0v) is 16.1. The number of fused-ring (bicyclic) bond motifs is 1. The highest BCUT2D eigenvalue weighted by molar-refractivity contribution is 6.09. The van der Waals surface area contributed by atoms with Crippen LogP contribution in [0, 0.1) is 5.92 Å². The van der Waals surface area contributed by atoms with Gasteiger partial charge in [0.25, 0.3) is 5.91 Å². The molecule has 0 bridgehead atoms. The molecule has 3 amide bonds. The molecule has 2 aliphatic carbocycles. The molecule has 1 aliphatic heterocycles. The summed E-state index contributed by atoms with van der Waals surface area (Å²) in [4.78, 5) is 50.5. The van der Waals surface area contributed by atoms with Gasteiger partial charge in [-0.15, -0.1) is 0 Å². The number of amides is 3. The summed E-state index contributed by atoms with van der Waals surface area (Å²) in [5.41, 5.74) is 2.00.